The predicted octanol–water partition coefficient (Wildman–Crippen LogP) is 2.95. The van der Waals surface area contributed by atoms with Crippen LogP contribution in [0.25, 0.3) is 0 Å². The zero-order chi connectivity index (χ0) is 14.1. The van der Waals surface area contributed by atoms with Gasteiger partial charge in [0.15, 0.2) is 5.60 Å². The van der Waals surface area contributed by atoms with E-state index in [4.69, 9.17) is 4.74 Å². The molecule has 19 heavy (non-hydrogen) atoms. The molecule has 1 fully saturated rings. The standard InChI is InChI=1S/C16H23NO2/c1-5-16(13-11-9-8-10-12-13)15(4,19-16)14(18)17(6-2)7-3/h8-12H,5-7H2,1-4H3. The van der Waals surface area contributed by atoms with Gasteiger partial charge in [0.1, 0.15) is 5.60 Å². The normalized spacial score (nSPS) is 29.1. The molecule has 1 aromatic carbocycles. The van der Waals surface area contributed by atoms with Crippen LogP contribution in [0.4, 0.5) is 0 Å². The summed E-state index contributed by atoms with van der Waals surface area (Å²) in [6.07, 6.45) is 0.806. The maximum absolute atomic E-state index is 12.6. The van der Waals surface area contributed by atoms with Gasteiger partial charge in [-0.3, -0.25) is 4.79 Å². The third-order valence-electron chi connectivity index (χ3n) is 4.30. The van der Waals surface area contributed by atoms with Gasteiger partial charge >= 0.3 is 0 Å². The van der Waals surface area contributed by atoms with E-state index in [0.29, 0.717) is 0 Å². The van der Waals surface area contributed by atoms with Crippen molar-refractivity contribution in [1.82, 2.24) is 4.90 Å². The van der Waals surface area contributed by atoms with Crippen LogP contribution in [0, 0.1) is 0 Å². The van der Waals surface area contributed by atoms with E-state index in [1.165, 1.54) is 0 Å². The van der Waals surface area contributed by atoms with E-state index in [9.17, 15) is 4.79 Å². The number of hydrogen-bond acceptors (Lipinski definition) is 2. The van der Waals surface area contributed by atoms with Crippen molar-refractivity contribution in [3.05, 3.63) is 35.9 Å². The predicted molar refractivity (Wildman–Crippen MR) is 75.8 cm³/mol. The first-order chi connectivity index (χ1) is 9.05. The number of nitrogens with zero attached hydrogens (tertiary/aromatic N) is 1. The summed E-state index contributed by atoms with van der Waals surface area (Å²) in [5, 5.41) is 0. The summed E-state index contributed by atoms with van der Waals surface area (Å²) in [6.45, 7) is 9.45. The lowest BCUT2D eigenvalue weighted by Gasteiger charge is -2.23. The molecular formula is C16H23NO2. The molecule has 104 valence electrons. The van der Waals surface area contributed by atoms with Crippen molar-refractivity contribution in [2.75, 3.05) is 13.1 Å². The molecule has 0 bridgehead atoms. The van der Waals surface area contributed by atoms with E-state index < -0.39 is 11.2 Å². The van der Waals surface area contributed by atoms with E-state index >= 15 is 0 Å². The number of amides is 1. The van der Waals surface area contributed by atoms with Crippen LogP contribution < -0.4 is 0 Å². The van der Waals surface area contributed by atoms with Crippen LogP contribution in [0.15, 0.2) is 30.3 Å². The summed E-state index contributed by atoms with van der Waals surface area (Å²) in [4.78, 5) is 14.5. The monoisotopic (exact) mass is 261 g/mol. The number of ether oxygens (including phenoxy) is 1. The average molecular weight is 261 g/mol. The minimum Gasteiger partial charge on any atom is -0.347 e. The van der Waals surface area contributed by atoms with Crippen LogP contribution in [-0.4, -0.2) is 29.5 Å². The van der Waals surface area contributed by atoms with Crippen molar-refractivity contribution in [1.29, 1.82) is 0 Å². The van der Waals surface area contributed by atoms with Crippen molar-refractivity contribution < 1.29 is 9.53 Å². The maximum atomic E-state index is 12.6. The van der Waals surface area contributed by atoms with Crippen molar-refractivity contribution in [2.45, 2.75) is 45.3 Å². The number of hydrogen-bond donors (Lipinski definition) is 0. The Morgan fingerprint density at radius 2 is 1.74 bits per heavy atom. The highest BCUT2D eigenvalue weighted by Crippen LogP contribution is 2.58. The molecular weight excluding hydrogens is 238 g/mol. The number of rotatable bonds is 5. The Morgan fingerprint density at radius 3 is 2.21 bits per heavy atom. The highest BCUT2D eigenvalue weighted by Gasteiger charge is 2.71. The maximum Gasteiger partial charge on any atom is 0.257 e. The molecule has 0 spiro atoms. The first kappa shape index (κ1) is 14.1. The molecule has 2 rings (SSSR count). The Morgan fingerprint density at radius 1 is 1.16 bits per heavy atom. The highest BCUT2D eigenvalue weighted by atomic mass is 16.6. The van der Waals surface area contributed by atoms with Gasteiger partial charge in [0, 0.05) is 13.1 Å². The van der Waals surface area contributed by atoms with Gasteiger partial charge in [0.25, 0.3) is 5.91 Å². The van der Waals surface area contributed by atoms with Crippen LogP contribution in [0.1, 0.15) is 39.7 Å². The zero-order valence-corrected chi connectivity index (χ0v) is 12.3. The molecule has 1 heterocycles. The molecule has 3 nitrogen and oxygen atoms in total. The van der Waals surface area contributed by atoms with Crippen LogP contribution >= 0.6 is 0 Å². The summed E-state index contributed by atoms with van der Waals surface area (Å²) >= 11 is 0. The van der Waals surface area contributed by atoms with Crippen molar-refractivity contribution in [2.24, 2.45) is 0 Å². The number of benzene rings is 1. The molecule has 1 saturated heterocycles. The summed E-state index contributed by atoms with van der Waals surface area (Å²) < 4.78 is 5.98. The Balaban J connectivity index is 2.31. The second-order valence-electron chi connectivity index (χ2n) is 5.16. The highest BCUT2D eigenvalue weighted by molar-refractivity contribution is 5.89. The fourth-order valence-corrected chi connectivity index (χ4v) is 3.01. The molecule has 0 aliphatic carbocycles. The second kappa shape index (κ2) is 4.97. The first-order valence-electron chi connectivity index (χ1n) is 7.10. The van der Waals surface area contributed by atoms with Crippen LogP contribution in [0.2, 0.25) is 0 Å². The van der Waals surface area contributed by atoms with Crippen LogP contribution in [-0.2, 0) is 15.1 Å². The van der Waals surface area contributed by atoms with Crippen molar-refractivity contribution in [3.63, 3.8) is 0 Å². The lowest BCUT2D eigenvalue weighted by Crippen LogP contribution is -2.43. The molecule has 0 aromatic heterocycles. The lowest BCUT2D eigenvalue weighted by atomic mass is 9.84. The van der Waals surface area contributed by atoms with Gasteiger partial charge in [-0.15, -0.1) is 0 Å². The Bertz CT molecular complexity index is 455. The molecule has 3 heteroatoms. The van der Waals surface area contributed by atoms with E-state index in [0.717, 1.165) is 25.1 Å². The second-order valence-corrected chi connectivity index (χ2v) is 5.16. The third-order valence-corrected chi connectivity index (χ3v) is 4.30. The number of epoxide rings is 1. The van der Waals surface area contributed by atoms with Gasteiger partial charge < -0.3 is 9.64 Å². The summed E-state index contributed by atoms with van der Waals surface area (Å²) in [5.41, 5.74) is -0.0659. The molecule has 2 unspecified atom stereocenters. The summed E-state index contributed by atoms with van der Waals surface area (Å²) in [6, 6.07) is 10.1. The van der Waals surface area contributed by atoms with Gasteiger partial charge in [-0.25, -0.2) is 0 Å². The Kier molecular flexibility index (Phi) is 3.68. The number of likely N-dealkylation sites (N-methyl/N-ethyl adjacent to an activating group) is 1. The molecule has 1 amide bonds. The molecule has 2 atom stereocenters. The minimum absolute atomic E-state index is 0.100. The van der Waals surface area contributed by atoms with Crippen molar-refractivity contribution >= 4 is 5.91 Å². The number of carbonyl (C=O) groups is 1. The minimum atomic E-state index is -0.713. The lowest BCUT2D eigenvalue weighted by molar-refractivity contribution is -0.136. The van der Waals surface area contributed by atoms with Gasteiger partial charge in [-0.05, 0) is 32.8 Å². The Hall–Kier alpha value is -1.35. The largest absolute Gasteiger partial charge is 0.347 e. The SMILES string of the molecule is CCN(CC)C(=O)C1(C)OC1(CC)c1ccccc1. The zero-order valence-electron chi connectivity index (χ0n) is 12.3. The van der Waals surface area contributed by atoms with Gasteiger partial charge in [0.2, 0.25) is 0 Å². The van der Waals surface area contributed by atoms with E-state index in [1.54, 1.807) is 0 Å². The van der Waals surface area contributed by atoms with Crippen molar-refractivity contribution in [3.8, 4) is 0 Å². The van der Waals surface area contributed by atoms with Gasteiger partial charge in [0.05, 0.1) is 0 Å². The summed E-state index contributed by atoms with van der Waals surface area (Å²) in [7, 11) is 0. The quantitative estimate of drug-likeness (QED) is 0.763. The molecule has 1 aliphatic rings. The molecule has 1 aromatic rings. The fraction of sp³-hybridized carbons (Fsp3) is 0.562. The third kappa shape index (κ3) is 1.96. The molecule has 0 N–H and O–H groups in total. The smallest absolute Gasteiger partial charge is 0.257 e. The average Bonchev–Trinajstić information content (AvgIpc) is 3.09. The molecule has 0 radical (unpaired) electrons. The van der Waals surface area contributed by atoms with Gasteiger partial charge in [-0.1, -0.05) is 37.3 Å². The molecule has 1 aliphatic heterocycles. The summed E-state index contributed by atoms with van der Waals surface area (Å²) in [5.74, 6) is 0.100. The van der Waals surface area contributed by atoms with E-state index in [2.05, 4.69) is 6.92 Å². The van der Waals surface area contributed by atoms with E-state index in [1.807, 2.05) is 56.0 Å². The number of carbonyl (C=O) groups excluding carboxylic acids is 1. The topological polar surface area (TPSA) is 32.8 Å². The first-order valence-corrected chi connectivity index (χ1v) is 7.10. The van der Waals surface area contributed by atoms with E-state index in [-0.39, 0.29) is 5.91 Å². The molecule has 0 saturated carbocycles. The van der Waals surface area contributed by atoms with Gasteiger partial charge in [-0.2, -0.15) is 0 Å². The van der Waals surface area contributed by atoms with Crippen LogP contribution in [0.3, 0.4) is 0 Å². The van der Waals surface area contributed by atoms with Crippen LogP contribution in [0.5, 0.6) is 0 Å². The Labute approximate surface area is 115 Å². The fourth-order valence-electron chi connectivity index (χ4n) is 3.01.